The van der Waals surface area contributed by atoms with E-state index < -0.39 is 0 Å². The van der Waals surface area contributed by atoms with Gasteiger partial charge in [-0.25, -0.2) is 4.39 Å². The molecule has 2 rings (SSSR count). The summed E-state index contributed by atoms with van der Waals surface area (Å²) in [5.74, 6) is 0.333. The first-order chi connectivity index (χ1) is 8.24. The molecule has 1 atom stereocenters. The predicted molar refractivity (Wildman–Crippen MR) is 69.8 cm³/mol. The fraction of sp³-hybridized carbons (Fsp3) is 0.571. The van der Waals surface area contributed by atoms with Crippen molar-refractivity contribution in [1.29, 1.82) is 0 Å². The Bertz CT molecular complexity index is 354. The van der Waals surface area contributed by atoms with Gasteiger partial charge >= 0.3 is 0 Å². The zero-order chi connectivity index (χ0) is 12.3. The fourth-order valence-electron chi connectivity index (χ4n) is 2.82. The van der Waals surface area contributed by atoms with E-state index >= 15 is 0 Å². The molecule has 0 amide bonds. The van der Waals surface area contributed by atoms with Gasteiger partial charge in [0, 0.05) is 16.6 Å². The number of hydrogen-bond acceptors (Lipinski definition) is 1. The lowest BCUT2D eigenvalue weighted by Gasteiger charge is -2.26. The molecule has 1 aliphatic rings. The third-order valence-corrected chi connectivity index (χ3v) is 3.94. The molecule has 1 fully saturated rings. The molecule has 17 heavy (non-hydrogen) atoms. The topological polar surface area (TPSA) is 12.0 Å². The van der Waals surface area contributed by atoms with Gasteiger partial charge in [-0.2, -0.15) is 0 Å². The minimum absolute atomic E-state index is 0.0659. The molecule has 1 aromatic rings. The summed E-state index contributed by atoms with van der Waals surface area (Å²) in [5.41, 5.74) is 0.655. The Hall–Kier alpha value is -0.600. The van der Waals surface area contributed by atoms with Crippen LogP contribution >= 0.6 is 11.6 Å². The van der Waals surface area contributed by atoms with E-state index in [1.54, 1.807) is 12.1 Å². The van der Waals surface area contributed by atoms with Crippen molar-refractivity contribution in [2.24, 2.45) is 5.92 Å². The molecule has 0 aliphatic heterocycles. The monoisotopic (exact) mass is 255 g/mol. The second kappa shape index (κ2) is 5.83. The van der Waals surface area contributed by atoms with Gasteiger partial charge in [0.2, 0.25) is 0 Å². The average molecular weight is 256 g/mol. The molecule has 0 heterocycles. The Balaban J connectivity index is 2.31. The summed E-state index contributed by atoms with van der Waals surface area (Å²) in [6, 6.07) is 5.01. The Morgan fingerprint density at radius 2 is 2.12 bits per heavy atom. The summed E-state index contributed by atoms with van der Waals surface area (Å²) in [5, 5.41) is 3.94. The Morgan fingerprint density at radius 3 is 2.71 bits per heavy atom. The molecule has 0 aromatic heterocycles. The molecule has 0 radical (unpaired) electrons. The van der Waals surface area contributed by atoms with Crippen molar-refractivity contribution >= 4 is 11.6 Å². The van der Waals surface area contributed by atoms with Crippen molar-refractivity contribution in [2.45, 2.75) is 38.6 Å². The van der Waals surface area contributed by atoms with Gasteiger partial charge in [-0.05, 0) is 37.4 Å². The van der Waals surface area contributed by atoms with Crippen LogP contribution in [0.1, 0.15) is 44.2 Å². The van der Waals surface area contributed by atoms with E-state index in [1.165, 1.54) is 31.7 Å². The first-order valence-electron chi connectivity index (χ1n) is 6.41. The molecular weight excluding hydrogens is 237 g/mol. The molecule has 1 saturated carbocycles. The van der Waals surface area contributed by atoms with Crippen LogP contribution in [0, 0.1) is 11.7 Å². The van der Waals surface area contributed by atoms with Crippen LogP contribution in [0.25, 0.3) is 0 Å². The van der Waals surface area contributed by atoms with E-state index in [4.69, 9.17) is 11.6 Å². The maximum Gasteiger partial charge on any atom is 0.129 e. The molecular formula is C14H19ClFN. The molecule has 1 N–H and O–H groups in total. The Labute approximate surface area is 107 Å². The number of halogens is 2. The quantitative estimate of drug-likeness (QED) is 0.845. The number of rotatable bonds is 4. The van der Waals surface area contributed by atoms with Crippen LogP contribution in [0.2, 0.25) is 5.02 Å². The van der Waals surface area contributed by atoms with Crippen LogP contribution < -0.4 is 5.32 Å². The van der Waals surface area contributed by atoms with Crippen molar-refractivity contribution in [3.8, 4) is 0 Å². The zero-order valence-corrected chi connectivity index (χ0v) is 10.9. The summed E-state index contributed by atoms with van der Waals surface area (Å²) < 4.78 is 14.0. The highest BCUT2D eigenvalue weighted by Crippen LogP contribution is 2.39. The van der Waals surface area contributed by atoms with Gasteiger partial charge < -0.3 is 5.32 Å². The lowest BCUT2D eigenvalue weighted by molar-refractivity contribution is 0.363. The molecule has 1 nitrogen and oxygen atoms in total. The first kappa shape index (κ1) is 12.8. The van der Waals surface area contributed by atoms with Crippen molar-refractivity contribution in [2.75, 3.05) is 6.54 Å². The highest BCUT2D eigenvalue weighted by molar-refractivity contribution is 6.31. The van der Waals surface area contributed by atoms with Crippen molar-refractivity contribution in [1.82, 2.24) is 5.32 Å². The van der Waals surface area contributed by atoms with Crippen molar-refractivity contribution in [3.05, 3.63) is 34.6 Å². The van der Waals surface area contributed by atoms with Gasteiger partial charge in [-0.15, -0.1) is 0 Å². The molecule has 0 spiro atoms. The summed E-state index contributed by atoms with van der Waals surface area (Å²) in [6.07, 6.45) is 4.84. The third-order valence-electron chi connectivity index (χ3n) is 3.61. The van der Waals surface area contributed by atoms with Crippen LogP contribution in [-0.2, 0) is 0 Å². The van der Waals surface area contributed by atoms with Gasteiger partial charge in [0.1, 0.15) is 5.82 Å². The molecule has 1 aromatic carbocycles. The molecule has 0 saturated heterocycles. The third kappa shape index (κ3) is 2.80. The largest absolute Gasteiger partial charge is 0.310 e. The number of hydrogen-bond donors (Lipinski definition) is 1. The second-order valence-electron chi connectivity index (χ2n) is 4.72. The minimum atomic E-state index is -0.185. The normalized spacial score (nSPS) is 18.5. The molecule has 1 unspecified atom stereocenters. The van der Waals surface area contributed by atoms with Crippen molar-refractivity contribution < 1.29 is 4.39 Å². The lowest BCUT2D eigenvalue weighted by atomic mass is 9.91. The minimum Gasteiger partial charge on any atom is -0.310 e. The van der Waals surface area contributed by atoms with E-state index in [0.29, 0.717) is 16.5 Å². The first-order valence-corrected chi connectivity index (χ1v) is 6.79. The van der Waals surface area contributed by atoms with E-state index in [1.807, 2.05) is 0 Å². The fourth-order valence-corrected chi connectivity index (χ4v) is 3.10. The molecule has 1 aliphatic carbocycles. The van der Waals surface area contributed by atoms with Gasteiger partial charge in [0.05, 0.1) is 0 Å². The summed E-state index contributed by atoms with van der Waals surface area (Å²) in [6.45, 7) is 2.89. The Kier molecular flexibility index (Phi) is 4.41. The van der Waals surface area contributed by atoms with Crippen molar-refractivity contribution in [3.63, 3.8) is 0 Å². The van der Waals surface area contributed by atoms with Crippen LogP contribution in [0.15, 0.2) is 18.2 Å². The van der Waals surface area contributed by atoms with Gasteiger partial charge in [0.25, 0.3) is 0 Å². The highest BCUT2D eigenvalue weighted by atomic mass is 35.5. The SMILES string of the molecule is CCNC(c1c(F)cccc1Cl)C1CCCC1. The second-order valence-corrected chi connectivity index (χ2v) is 5.12. The van der Waals surface area contributed by atoms with Crippen LogP contribution in [-0.4, -0.2) is 6.54 Å². The number of benzene rings is 1. The molecule has 0 bridgehead atoms. The van der Waals surface area contributed by atoms with Crippen LogP contribution in [0.5, 0.6) is 0 Å². The maximum atomic E-state index is 14.0. The van der Waals surface area contributed by atoms with E-state index in [-0.39, 0.29) is 11.9 Å². The van der Waals surface area contributed by atoms with Gasteiger partial charge in [-0.3, -0.25) is 0 Å². The standard InChI is InChI=1S/C14H19ClFN/c1-2-17-14(10-6-3-4-7-10)13-11(15)8-5-9-12(13)16/h5,8-10,14,17H,2-4,6-7H2,1H3. The van der Waals surface area contributed by atoms with Crippen LogP contribution in [0.4, 0.5) is 4.39 Å². The maximum absolute atomic E-state index is 14.0. The number of nitrogens with one attached hydrogen (secondary N) is 1. The van der Waals surface area contributed by atoms with Gasteiger partial charge in [0.15, 0.2) is 0 Å². The van der Waals surface area contributed by atoms with E-state index in [2.05, 4.69) is 12.2 Å². The summed E-state index contributed by atoms with van der Waals surface area (Å²) in [7, 11) is 0. The lowest BCUT2D eigenvalue weighted by Crippen LogP contribution is -2.28. The van der Waals surface area contributed by atoms with Gasteiger partial charge in [-0.1, -0.05) is 37.4 Å². The van der Waals surface area contributed by atoms with E-state index in [0.717, 1.165) is 6.54 Å². The average Bonchev–Trinajstić information content (AvgIpc) is 2.80. The predicted octanol–water partition coefficient (Wildman–Crippen LogP) is 4.32. The summed E-state index contributed by atoms with van der Waals surface area (Å²) in [4.78, 5) is 0. The molecule has 94 valence electrons. The summed E-state index contributed by atoms with van der Waals surface area (Å²) >= 11 is 6.16. The highest BCUT2D eigenvalue weighted by Gasteiger charge is 2.29. The molecule has 3 heteroatoms. The Morgan fingerprint density at radius 1 is 1.41 bits per heavy atom. The smallest absolute Gasteiger partial charge is 0.129 e. The zero-order valence-electron chi connectivity index (χ0n) is 10.2. The van der Waals surface area contributed by atoms with E-state index in [9.17, 15) is 4.39 Å². The van der Waals surface area contributed by atoms with Crippen LogP contribution in [0.3, 0.4) is 0 Å².